The van der Waals surface area contributed by atoms with Gasteiger partial charge in [0.05, 0.1) is 10.7 Å². The highest BCUT2D eigenvalue weighted by atomic mass is 35.5. The third kappa shape index (κ3) is 3.55. The predicted octanol–water partition coefficient (Wildman–Crippen LogP) is 3.15. The Kier molecular flexibility index (Phi) is 4.78. The second kappa shape index (κ2) is 6.83. The minimum atomic E-state index is -0.167. The first-order valence-corrected chi connectivity index (χ1v) is 8.36. The van der Waals surface area contributed by atoms with Crippen LogP contribution in [0.15, 0.2) is 36.5 Å². The molecular formula is C17H21ClN4O2. The van der Waals surface area contributed by atoms with Crippen molar-refractivity contribution in [2.75, 3.05) is 25.0 Å². The number of nitrogens with zero attached hydrogens (tertiary/aromatic N) is 3. The predicted molar refractivity (Wildman–Crippen MR) is 93.6 cm³/mol. The van der Waals surface area contributed by atoms with Gasteiger partial charge in [0, 0.05) is 32.0 Å². The van der Waals surface area contributed by atoms with E-state index < -0.39 is 0 Å². The number of para-hydroxylation sites is 1. The molecule has 7 heteroatoms. The first-order chi connectivity index (χ1) is 11.5. The quantitative estimate of drug-likeness (QED) is 0.895. The molecule has 0 aliphatic carbocycles. The topological polar surface area (TPSA) is 70.4 Å². The van der Waals surface area contributed by atoms with Crippen LogP contribution in [0.5, 0.6) is 0 Å². The van der Waals surface area contributed by atoms with Gasteiger partial charge in [-0.25, -0.2) is 9.48 Å². The summed E-state index contributed by atoms with van der Waals surface area (Å²) in [6, 6.07) is 8.97. The summed E-state index contributed by atoms with van der Waals surface area (Å²) in [5, 5.41) is 17.2. The highest BCUT2D eigenvalue weighted by Gasteiger charge is 2.31. The van der Waals surface area contributed by atoms with E-state index >= 15 is 0 Å². The highest BCUT2D eigenvalue weighted by molar-refractivity contribution is 6.32. The summed E-state index contributed by atoms with van der Waals surface area (Å²) in [6.07, 6.45) is 3.35. The van der Waals surface area contributed by atoms with Crippen molar-refractivity contribution >= 4 is 23.4 Å². The lowest BCUT2D eigenvalue weighted by molar-refractivity contribution is 0.0727. The number of aromatic nitrogens is 2. The van der Waals surface area contributed by atoms with Crippen molar-refractivity contribution in [3.8, 4) is 5.69 Å². The number of halogens is 1. The Morgan fingerprint density at radius 1 is 1.33 bits per heavy atom. The van der Waals surface area contributed by atoms with Gasteiger partial charge in [0.2, 0.25) is 0 Å². The van der Waals surface area contributed by atoms with Gasteiger partial charge in [-0.1, -0.05) is 30.7 Å². The Balaban J connectivity index is 1.63. The molecule has 24 heavy (non-hydrogen) atoms. The molecule has 2 N–H and O–H groups in total. The van der Waals surface area contributed by atoms with Crippen LogP contribution in [0.1, 0.15) is 19.8 Å². The van der Waals surface area contributed by atoms with Crippen LogP contribution in [0.2, 0.25) is 5.02 Å². The molecule has 2 heterocycles. The number of nitrogens with one attached hydrogen (secondary N) is 1. The van der Waals surface area contributed by atoms with Gasteiger partial charge in [0.15, 0.2) is 5.82 Å². The van der Waals surface area contributed by atoms with Gasteiger partial charge in [-0.15, -0.1) is 5.10 Å². The third-order valence-electron chi connectivity index (χ3n) is 4.56. The number of likely N-dealkylation sites (tertiary alicyclic amines) is 1. The third-order valence-corrected chi connectivity index (χ3v) is 4.88. The number of amides is 2. The minimum absolute atomic E-state index is 0.0809. The molecular weight excluding hydrogens is 328 g/mol. The number of benzene rings is 1. The molecule has 0 spiro atoms. The second-order valence-electron chi connectivity index (χ2n) is 6.48. The van der Waals surface area contributed by atoms with Crippen LogP contribution in [0.3, 0.4) is 0 Å². The molecule has 0 unspecified atom stereocenters. The molecule has 1 fully saturated rings. The number of aliphatic hydroxyl groups is 1. The summed E-state index contributed by atoms with van der Waals surface area (Å²) in [7, 11) is 0. The fourth-order valence-corrected chi connectivity index (χ4v) is 2.98. The van der Waals surface area contributed by atoms with E-state index in [9.17, 15) is 9.90 Å². The molecule has 1 aliphatic rings. The summed E-state index contributed by atoms with van der Waals surface area (Å²) in [5.74, 6) is 0.482. The SMILES string of the molecule is CC1(CO)CCN(C(=O)Nc2ccn(-c3ccccc3Cl)n2)CC1. The molecule has 0 saturated carbocycles. The van der Waals surface area contributed by atoms with Gasteiger partial charge in [0.1, 0.15) is 0 Å². The van der Waals surface area contributed by atoms with Crippen LogP contribution >= 0.6 is 11.6 Å². The summed E-state index contributed by atoms with van der Waals surface area (Å²) in [5.41, 5.74) is 0.680. The summed E-state index contributed by atoms with van der Waals surface area (Å²) < 4.78 is 1.64. The summed E-state index contributed by atoms with van der Waals surface area (Å²) in [4.78, 5) is 14.1. The van der Waals surface area contributed by atoms with Gasteiger partial charge in [0.25, 0.3) is 0 Å². The monoisotopic (exact) mass is 348 g/mol. The number of hydrogen-bond acceptors (Lipinski definition) is 3. The van der Waals surface area contributed by atoms with Gasteiger partial charge >= 0.3 is 6.03 Å². The fraction of sp³-hybridized carbons (Fsp3) is 0.412. The summed E-state index contributed by atoms with van der Waals surface area (Å²) >= 11 is 6.16. The van der Waals surface area contributed by atoms with E-state index in [1.807, 2.05) is 25.1 Å². The van der Waals surface area contributed by atoms with E-state index in [1.54, 1.807) is 27.9 Å². The Hall–Kier alpha value is -2.05. The zero-order valence-electron chi connectivity index (χ0n) is 13.6. The van der Waals surface area contributed by atoms with Gasteiger partial charge in [-0.05, 0) is 30.4 Å². The number of carbonyl (C=O) groups is 1. The lowest BCUT2D eigenvalue weighted by Crippen LogP contribution is -2.45. The Labute approximate surface area is 146 Å². The van der Waals surface area contributed by atoms with Gasteiger partial charge < -0.3 is 10.0 Å². The van der Waals surface area contributed by atoms with Gasteiger partial charge in [-0.3, -0.25) is 5.32 Å². The lowest BCUT2D eigenvalue weighted by Gasteiger charge is -2.37. The number of anilines is 1. The Morgan fingerprint density at radius 2 is 2.04 bits per heavy atom. The van der Waals surface area contributed by atoms with Crippen LogP contribution in [-0.4, -0.2) is 45.5 Å². The van der Waals surface area contributed by atoms with Crippen molar-refractivity contribution in [2.24, 2.45) is 5.41 Å². The zero-order chi connectivity index (χ0) is 17.2. The van der Waals surface area contributed by atoms with Crippen molar-refractivity contribution in [1.82, 2.24) is 14.7 Å². The van der Waals surface area contributed by atoms with Crippen LogP contribution in [0.25, 0.3) is 5.69 Å². The summed E-state index contributed by atoms with van der Waals surface area (Å²) in [6.45, 7) is 3.47. The van der Waals surface area contributed by atoms with E-state index in [2.05, 4.69) is 10.4 Å². The van der Waals surface area contributed by atoms with E-state index in [1.165, 1.54) is 0 Å². The van der Waals surface area contributed by atoms with E-state index in [-0.39, 0.29) is 18.1 Å². The van der Waals surface area contributed by atoms with Crippen molar-refractivity contribution in [1.29, 1.82) is 0 Å². The average Bonchev–Trinajstić information content (AvgIpc) is 3.04. The molecule has 1 aliphatic heterocycles. The minimum Gasteiger partial charge on any atom is -0.396 e. The fourth-order valence-electron chi connectivity index (χ4n) is 2.76. The largest absolute Gasteiger partial charge is 0.396 e. The molecule has 2 amide bonds. The van der Waals surface area contributed by atoms with Gasteiger partial charge in [-0.2, -0.15) is 0 Å². The molecule has 1 aromatic carbocycles. The zero-order valence-corrected chi connectivity index (χ0v) is 14.3. The van der Waals surface area contributed by atoms with E-state index in [0.717, 1.165) is 18.5 Å². The number of hydrogen-bond donors (Lipinski definition) is 2. The maximum Gasteiger partial charge on any atom is 0.323 e. The number of aliphatic hydroxyl groups excluding tert-OH is 1. The standard InChI is InChI=1S/C17H21ClN4O2/c1-17(12-23)7-10-21(11-8-17)16(24)19-15-6-9-22(20-15)14-5-3-2-4-13(14)18/h2-6,9,23H,7-8,10-12H2,1H3,(H,19,20,24). The molecule has 3 rings (SSSR count). The molecule has 128 valence electrons. The van der Waals surface area contributed by atoms with E-state index in [0.29, 0.717) is 23.9 Å². The molecule has 0 radical (unpaired) electrons. The van der Waals surface area contributed by atoms with Crippen molar-refractivity contribution in [3.63, 3.8) is 0 Å². The molecule has 1 saturated heterocycles. The van der Waals surface area contributed by atoms with Crippen LogP contribution < -0.4 is 5.32 Å². The van der Waals surface area contributed by atoms with Crippen molar-refractivity contribution in [3.05, 3.63) is 41.6 Å². The van der Waals surface area contributed by atoms with Crippen LogP contribution in [0.4, 0.5) is 10.6 Å². The number of carbonyl (C=O) groups excluding carboxylic acids is 1. The van der Waals surface area contributed by atoms with Crippen LogP contribution in [0, 0.1) is 5.41 Å². The smallest absolute Gasteiger partial charge is 0.323 e. The second-order valence-corrected chi connectivity index (χ2v) is 6.89. The van der Waals surface area contributed by atoms with Crippen molar-refractivity contribution < 1.29 is 9.90 Å². The number of rotatable bonds is 3. The molecule has 0 bridgehead atoms. The first kappa shape index (κ1) is 16.8. The maximum atomic E-state index is 12.4. The molecule has 6 nitrogen and oxygen atoms in total. The molecule has 0 atom stereocenters. The van der Waals surface area contributed by atoms with E-state index in [4.69, 9.17) is 11.6 Å². The first-order valence-electron chi connectivity index (χ1n) is 7.98. The van der Waals surface area contributed by atoms with Crippen molar-refractivity contribution in [2.45, 2.75) is 19.8 Å². The van der Waals surface area contributed by atoms with Crippen LogP contribution in [-0.2, 0) is 0 Å². The highest BCUT2D eigenvalue weighted by Crippen LogP contribution is 2.30. The maximum absolute atomic E-state index is 12.4. The molecule has 1 aromatic heterocycles. The number of piperidine rings is 1. The number of urea groups is 1. The Morgan fingerprint density at radius 3 is 2.71 bits per heavy atom. The Bertz CT molecular complexity index is 723. The molecule has 2 aromatic rings. The normalized spacial score (nSPS) is 16.9. The lowest BCUT2D eigenvalue weighted by atomic mass is 9.81. The average molecular weight is 349 g/mol.